The van der Waals surface area contributed by atoms with E-state index in [0.29, 0.717) is 18.3 Å². The van der Waals surface area contributed by atoms with Crippen molar-refractivity contribution in [2.24, 2.45) is 5.41 Å². The van der Waals surface area contributed by atoms with Gasteiger partial charge in [-0.3, -0.25) is 4.98 Å². The van der Waals surface area contributed by atoms with Gasteiger partial charge in [0.15, 0.2) is 0 Å². The second-order valence-electron chi connectivity index (χ2n) is 6.83. The first-order chi connectivity index (χ1) is 12.4. The van der Waals surface area contributed by atoms with Crippen molar-refractivity contribution in [2.45, 2.75) is 27.3 Å². The standard InChI is InChI=1S/C19H20N4O3/c1-19(2,3)18(24)26-21-11-13-6-4-7-14(10-13)17-22-16(23-25-17)15-8-5-9-20-12-15/h4-10,12,21H,11H2,1-3H3. The topological polar surface area (TPSA) is 90.1 Å². The SMILES string of the molecule is CC(C)(C)C(=O)ONCc1cccc(-c2nc(-c3cccnc3)no2)c1. The summed E-state index contributed by atoms with van der Waals surface area (Å²) in [7, 11) is 0. The van der Waals surface area contributed by atoms with Crippen LogP contribution in [0.25, 0.3) is 22.8 Å². The zero-order valence-electron chi connectivity index (χ0n) is 14.9. The van der Waals surface area contributed by atoms with Crippen LogP contribution < -0.4 is 5.48 Å². The van der Waals surface area contributed by atoms with E-state index in [1.54, 1.807) is 33.2 Å². The maximum atomic E-state index is 11.8. The van der Waals surface area contributed by atoms with Crippen molar-refractivity contribution >= 4 is 5.97 Å². The van der Waals surface area contributed by atoms with Crippen LogP contribution in [0.1, 0.15) is 26.3 Å². The van der Waals surface area contributed by atoms with Gasteiger partial charge in [0.25, 0.3) is 5.89 Å². The van der Waals surface area contributed by atoms with Gasteiger partial charge in [0.05, 0.1) is 12.0 Å². The number of rotatable bonds is 5. The van der Waals surface area contributed by atoms with Crippen LogP contribution in [0.2, 0.25) is 0 Å². The van der Waals surface area contributed by atoms with E-state index in [1.807, 2.05) is 36.4 Å². The van der Waals surface area contributed by atoms with Gasteiger partial charge in [-0.2, -0.15) is 4.98 Å². The van der Waals surface area contributed by atoms with Gasteiger partial charge in [0.2, 0.25) is 5.82 Å². The minimum Gasteiger partial charge on any atom is -0.370 e. The number of nitrogens with zero attached hydrogens (tertiary/aromatic N) is 3. The first kappa shape index (κ1) is 17.8. The molecule has 3 rings (SSSR count). The van der Waals surface area contributed by atoms with Crippen LogP contribution in [-0.2, 0) is 16.2 Å². The molecule has 0 saturated carbocycles. The van der Waals surface area contributed by atoms with E-state index in [4.69, 9.17) is 9.36 Å². The molecule has 0 amide bonds. The minimum absolute atomic E-state index is 0.313. The highest BCUT2D eigenvalue weighted by Gasteiger charge is 2.23. The Balaban J connectivity index is 1.68. The monoisotopic (exact) mass is 352 g/mol. The Morgan fingerprint density at radius 2 is 2.00 bits per heavy atom. The van der Waals surface area contributed by atoms with Crippen molar-refractivity contribution in [3.63, 3.8) is 0 Å². The normalized spacial score (nSPS) is 11.3. The second kappa shape index (κ2) is 7.45. The molecule has 0 unspecified atom stereocenters. The summed E-state index contributed by atoms with van der Waals surface area (Å²) in [4.78, 5) is 25.3. The number of hydroxylamine groups is 1. The van der Waals surface area contributed by atoms with Crippen LogP contribution in [-0.4, -0.2) is 21.1 Å². The lowest BCUT2D eigenvalue weighted by Gasteiger charge is -2.16. The van der Waals surface area contributed by atoms with Crippen LogP contribution in [0.5, 0.6) is 0 Å². The van der Waals surface area contributed by atoms with Gasteiger partial charge in [-0.1, -0.05) is 17.3 Å². The van der Waals surface area contributed by atoms with E-state index in [1.165, 1.54) is 0 Å². The molecular weight excluding hydrogens is 332 g/mol. The van der Waals surface area contributed by atoms with Crippen LogP contribution >= 0.6 is 0 Å². The molecule has 0 atom stereocenters. The molecule has 7 nitrogen and oxygen atoms in total. The fraction of sp³-hybridized carbons (Fsp3) is 0.263. The third-order valence-corrected chi connectivity index (χ3v) is 3.57. The number of hydrogen-bond donors (Lipinski definition) is 1. The van der Waals surface area contributed by atoms with Gasteiger partial charge in [0, 0.05) is 23.5 Å². The van der Waals surface area contributed by atoms with Crippen LogP contribution in [0.3, 0.4) is 0 Å². The lowest BCUT2D eigenvalue weighted by atomic mass is 9.98. The lowest BCUT2D eigenvalue weighted by Crippen LogP contribution is -2.29. The molecule has 2 heterocycles. The minimum atomic E-state index is -0.554. The smallest absolute Gasteiger partial charge is 0.329 e. The van der Waals surface area contributed by atoms with Gasteiger partial charge in [-0.25, -0.2) is 4.79 Å². The van der Waals surface area contributed by atoms with E-state index in [2.05, 4.69) is 20.6 Å². The highest BCUT2D eigenvalue weighted by atomic mass is 16.7. The first-order valence-electron chi connectivity index (χ1n) is 8.21. The van der Waals surface area contributed by atoms with Gasteiger partial charge >= 0.3 is 5.97 Å². The van der Waals surface area contributed by atoms with Gasteiger partial charge in [-0.05, 0) is 50.6 Å². The Morgan fingerprint density at radius 3 is 2.73 bits per heavy atom. The number of carbonyl (C=O) groups is 1. The molecule has 0 fully saturated rings. The van der Waals surface area contributed by atoms with Crippen molar-refractivity contribution in [1.29, 1.82) is 0 Å². The van der Waals surface area contributed by atoms with Crippen molar-refractivity contribution < 1.29 is 14.2 Å². The molecule has 0 aliphatic rings. The predicted octanol–water partition coefficient (Wildman–Crippen LogP) is 3.39. The molecule has 2 aromatic heterocycles. The predicted molar refractivity (Wildman–Crippen MR) is 95.4 cm³/mol. The molecule has 0 aliphatic heterocycles. The van der Waals surface area contributed by atoms with Crippen LogP contribution in [0.15, 0.2) is 53.3 Å². The molecule has 0 radical (unpaired) electrons. The maximum absolute atomic E-state index is 11.8. The number of aromatic nitrogens is 3. The number of hydrogen-bond acceptors (Lipinski definition) is 7. The Labute approximate surface area is 151 Å². The summed E-state index contributed by atoms with van der Waals surface area (Å²) in [6.07, 6.45) is 3.37. The maximum Gasteiger partial charge on any atom is 0.329 e. The number of pyridine rings is 1. The molecule has 0 saturated heterocycles. The summed E-state index contributed by atoms with van der Waals surface area (Å²) in [5.74, 6) is 0.583. The number of benzene rings is 1. The number of carbonyl (C=O) groups excluding carboxylic acids is 1. The Kier molecular flexibility index (Phi) is 5.09. The van der Waals surface area contributed by atoms with Gasteiger partial charge in [-0.15, -0.1) is 5.48 Å². The third-order valence-electron chi connectivity index (χ3n) is 3.57. The number of nitrogens with one attached hydrogen (secondary N) is 1. The fourth-order valence-electron chi connectivity index (χ4n) is 2.11. The first-order valence-corrected chi connectivity index (χ1v) is 8.21. The molecule has 1 N–H and O–H groups in total. The fourth-order valence-corrected chi connectivity index (χ4v) is 2.11. The van der Waals surface area contributed by atoms with Crippen molar-refractivity contribution in [2.75, 3.05) is 0 Å². The summed E-state index contributed by atoms with van der Waals surface area (Å²) in [6, 6.07) is 11.3. The zero-order valence-corrected chi connectivity index (χ0v) is 14.9. The Morgan fingerprint density at radius 1 is 1.19 bits per heavy atom. The van der Waals surface area contributed by atoms with E-state index in [9.17, 15) is 4.79 Å². The summed E-state index contributed by atoms with van der Waals surface area (Å²) < 4.78 is 5.35. The highest BCUT2D eigenvalue weighted by molar-refractivity contribution is 5.75. The summed E-state index contributed by atoms with van der Waals surface area (Å²) in [5.41, 5.74) is 4.63. The Bertz CT molecular complexity index is 885. The zero-order chi connectivity index (χ0) is 18.6. The summed E-state index contributed by atoms with van der Waals surface area (Å²) in [6.45, 7) is 5.77. The van der Waals surface area contributed by atoms with Crippen LogP contribution in [0, 0.1) is 5.41 Å². The third kappa shape index (κ3) is 4.31. The summed E-state index contributed by atoms with van der Waals surface area (Å²) >= 11 is 0. The molecule has 7 heteroatoms. The molecule has 0 spiro atoms. The Hall–Kier alpha value is -3.06. The van der Waals surface area contributed by atoms with Crippen molar-refractivity contribution in [3.05, 3.63) is 54.4 Å². The molecule has 0 bridgehead atoms. The van der Waals surface area contributed by atoms with E-state index in [0.717, 1.165) is 16.7 Å². The highest BCUT2D eigenvalue weighted by Crippen LogP contribution is 2.22. The summed E-state index contributed by atoms with van der Waals surface area (Å²) in [5, 5.41) is 3.99. The largest absolute Gasteiger partial charge is 0.370 e. The van der Waals surface area contributed by atoms with E-state index >= 15 is 0 Å². The quantitative estimate of drug-likeness (QED) is 0.704. The second-order valence-corrected chi connectivity index (χ2v) is 6.83. The molecule has 134 valence electrons. The average Bonchev–Trinajstić information content (AvgIpc) is 3.12. The molecule has 26 heavy (non-hydrogen) atoms. The van der Waals surface area contributed by atoms with Crippen LogP contribution in [0.4, 0.5) is 0 Å². The van der Waals surface area contributed by atoms with Crippen molar-refractivity contribution in [1.82, 2.24) is 20.6 Å². The average molecular weight is 352 g/mol. The molecule has 3 aromatic rings. The van der Waals surface area contributed by atoms with E-state index in [-0.39, 0.29) is 5.97 Å². The van der Waals surface area contributed by atoms with Gasteiger partial charge in [0.1, 0.15) is 0 Å². The van der Waals surface area contributed by atoms with Gasteiger partial charge < -0.3 is 9.36 Å². The lowest BCUT2D eigenvalue weighted by molar-refractivity contribution is -0.161. The molecular formula is C19H20N4O3. The molecule has 0 aliphatic carbocycles. The van der Waals surface area contributed by atoms with Crippen molar-refractivity contribution in [3.8, 4) is 22.8 Å². The molecule has 1 aromatic carbocycles. The van der Waals surface area contributed by atoms with E-state index < -0.39 is 5.41 Å².